The molecule has 0 spiro atoms. The monoisotopic (exact) mass is 1440 g/mol. The molecular weight excluding hydrogens is 1350 g/mol. The molecule has 0 amide bonds. The molecule has 10 heteroatoms. The zero-order valence-corrected chi connectivity index (χ0v) is 60.8. The van der Waals surface area contributed by atoms with Gasteiger partial charge < -0.3 is 35.7 Å². The fourth-order valence-corrected chi connectivity index (χ4v) is 10.4. The van der Waals surface area contributed by atoms with Gasteiger partial charge in [0.1, 0.15) is 0 Å². The van der Waals surface area contributed by atoms with E-state index in [1.165, 1.54) is 18.4 Å². The predicted octanol–water partition coefficient (Wildman–Crippen LogP) is 11.8. The van der Waals surface area contributed by atoms with E-state index in [0.717, 1.165) is 85.5 Å². The molecule has 0 unspecified atom stereocenters. The maximum Gasteiger partial charge on any atom is 1.00 e. The summed E-state index contributed by atoms with van der Waals surface area (Å²) in [6.45, 7) is 47.9. The molecule has 442 valence electrons. The molecule has 1 aliphatic rings. The molecule has 1 heterocycles. The van der Waals surface area contributed by atoms with Crippen molar-refractivity contribution in [2.24, 2.45) is 0 Å². The maximum atomic E-state index is 13.8. The minimum absolute atomic E-state index is 0. The first-order valence-corrected chi connectivity index (χ1v) is 28.4. The van der Waals surface area contributed by atoms with Crippen LogP contribution < -0.4 is 44.4 Å². The van der Waals surface area contributed by atoms with Crippen molar-refractivity contribution in [1.82, 2.24) is 0 Å². The van der Waals surface area contributed by atoms with Gasteiger partial charge in [-0.05, 0) is 143 Å². The fourth-order valence-electron chi connectivity index (χ4n) is 10.4. The number of aryl methyl sites for hydroxylation is 4. The van der Waals surface area contributed by atoms with Crippen LogP contribution in [0, 0.1) is 27.7 Å². The molecule has 7 nitrogen and oxygen atoms in total. The Morgan fingerprint density at radius 1 is 0.317 bits per heavy atom. The van der Waals surface area contributed by atoms with E-state index in [4.69, 9.17) is 4.74 Å². The van der Waals surface area contributed by atoms with Crippen molar-refractivity contribution < 1.29 is 99.4 Å². The SMILES string of the molecule is C1CCOC1.Cc1cc(Cc2cc(C(C)(C)C)cc(Cc3cc(C)cc(C(C)(C)C)c3[O-])c2[O-])c([O-])c(C(C)(C)C)c1.Cc1cc(Cc2cc(Cc3cc(C)cc(C(C)(C)C)c3[O-])cc(C(C)(C)C)c2)c([O-])c(C(C)(C)C)c1.[Li+].[O-2].[Ta].[Ta]. The van der Waals surface area contributed by atoms with Crippen molar-refractivity contribution in [3.63, 3.8) is 0 Å². The summed E-state index contributed by atoms with van der Waals surface area (Å²) < 4.78 is 4.94. The van der Waals surface area contributed by atoms with E-state index in [9.17, 15) is 25.5 Å². The number of hydrogen-bond donors (Lipinski definition) is 0. The van der Waals surface area contributed by atoms with Gasteiger partial charge in [0, 0.05) is 58.0 Å². The van der Waals surface area contributed by atoms with Gasteiger partial charge in [-0.25, -0.2) is 0 Å². The van der Waals surface area contributed by atoms with Gasteiger partial charge in [-0.2, -0.15) is 0 Å². The predicted molar refractivity (Wildman–Crippen MR) is 319 cm³/mol. The number of benzene rings is 6. The first-order valence-electron chi connectivity index (χ1n) is 28.4. The first-order chi connectivity index (χ1) is 35.6. The summed E-state index contributed by atoms with van der Waals surface area (Å²) in [4.78, 5) is 0. The quantitative estimate of drug-likeness (QED) is 0.138. The van der Waals surface area contributed by atoms with Crippen LogP contribution in [-0.2, 0) is 113 Å². The van der Waals surface area contributed by atoms with Crippen LogP contribution in [0.5, 0.6) is 28.7 Å². The smallest absolute Gasteiger partial charge is 1.00 e. The average molecular weight is 1440 g/mol. The van der Waals surface area contributed by atoms with Crippen molar-refractivity contribution >= 4 is 0 Å². The van der Waals surface area contributed by atoms with Gasteiger partial charge in [0.25, 0.3) is 0 Å². The topological polar surface area (TPSA) is 153 Å². The maximum absolute atomic E-state index is 13.8. The van der Waals surface area contributed by atoms with Crippen LogP contribution >= 0.6 is 0 Å². The second-order valence-corrected chi connectivity index (χ2v) is 28.9. The fraction of sp³-hybridized carbons (Fsp3) is 0.500. The third-order valence-corrected chi connectivity index (χ3v) is 14.9. The zero-order valence-electron chi connectivity index (χ0n) is 54.4. The van der Waals surface area contributed by atoms with Crippen LogP contribution in [0.4, 0.5) is 0 Å². The molecule has 0 N–H and O–H groups in total. The van der Waals surface area contributed by atoms with Crippen LogP contribution in [0.1, 0.15) is 238 Å². The van der Waals surface area contributed by atoms with Crippen LogP contribution in [0.25, 0.3) is 0 Å². The van der Waals surface area contributed by atoms with Gasteiger partial charge in [0.05, 0.1) is 0 Å². The Labute approximate surface area is 539 Å². The molecule has 6 aromatic rings. The van der Waals surface area contributed by atoms with E-state index in [2.05, 4.69) is 115 Å². The third kappa shape index (κ3) is 20.5. The van der Waals surface area contributed by atoms with Crippen LogP contribution in [-0.4, -0.2) is 13.2 Å². The Morgan fingerprint density at radius 3 is 0.768 bits per heavy atom. The molecule has 0 atom stereocenters. The number of hydrogen-bond acceptors (Lipinski definition) is 6. The van der Waals surface area contributed by atoms with Gasteiger partial charge in [-0.15, -0.1) is 28.7 Å². The van der Waals surface area contributed by atoms with Gasteiger partial charge >= 0.3 is 18.9 Å². The van der Waals surface area contributed by atoms with E-state index in [1.54, 1.807) is 0 Å². The minimum atomic E-state index is -0.281. The molecule has 7 rings (SSSR count). The molecule has 2 radical (unpaired) electrons. The molecule has 0 bridgehead atoms. The summed E-state index contributed by atoms with van der Waals surface area (Å²) in [6.07, 6.45) is 4.30. The molecule has 0 aliphatic carbocycles. The van der Waals surface area contributed by atoms with Crippen LogP contribution in [0.3, 0.4) is 0 Å². The van der Waals surface area contributed by atoms with Crippen LogP contribution in [0.2, 0.25) is 0 Å². The van der Waals surface area contributed by atoms with Crippen molar-refractivity contribution in [1.29, 1.82) is 0 Å². The Kier molecular flexibility index (Phi) is 27.6. The second-order valence-electron chi connectivity index (χ2n) is 28.9. The Balaban J connectivity index is 0.000000721. The largest absolute Gasteiger partial charge is 2.00 e. The molecule has 1 aliphatic heterocycles. The molecule has 1 fully saturated rings. The molecule has 82 heavy (non-hydrogen) atoms. The van der Waals surface area contributed by atoms with Gasteiger partial charge in [-0.3, -0.25) is 0 Å². The van der Waals surface area contributed by atoms with E-state index in [-0.39, 0.29) is 143 Å². The summed E-state index contributed by atoms with van der Waals surface area (Å²) >= 11 is 0. The third-order valence-electron chi connectivity index (χ3n) is 14.9. The van der Waals surface area contributed by atoms with Crippen molar-refractivity contribution in [3.05, 3.63) is 179 Å². The summed E-state index contributed by atoms with van der Waals surface area (Å²) in [5.74, 6) is 0.230. The van der Waals surface area contributed by atoms with Gasteiger partial charge in [0.15, 0.2) is 0 Å². The molecule has 1 saturated heterocycles. The van der Waals surface area contributed by atoms with Crippen molar-refractivity contribution in [2.75, 3.05) is 13.2 Å². The van der Waals surface area contributed by atoms with E-state index >= 15 is 0 Å². The summed E-state index contributed by atoms with van der Waals surface area (Å²) in [7, 11) is 0. The first kappa shape index (κ1) is 76.3. The van der Waals surface area contributed by atoms with Gasteiger partial charge in [0.2, 0.25) is 0 Å². The van der Waals surface area contributed by atoms with Crippen LogP contribution in [0.15, 0.2) is 78.9 Å². The normalized spacial score (nSPS) is 12.8. The number of ether oxygens (including phenoxy) is 1. The summed E-state index contributed by atoms with van der Waals surface area (Å²) in [5.41, 5.74) is 15.1. The minimum Gasteiger partial charge on any atom is -2.00 e. The molecular formula is C72H95LiO7Ta2-6. The Hall–Kier alpha value is -3.68. The number of rotatable bonds is 8. The zero-order chi connectivity index (χ0) is 58.8. The second kappa shape index (κ2) is 29.6. The molecule has 0 saturated carbocycles. The standard InChI is InChI=1S/C34H46O3.C34H46O2.C4H8O.Li.O.2Ta/c1-20-12-22(30(36)27(14-20)33(6,7)8)16-24-18-26(32(3,4)5)19-25(29(24)35)17-23-13-21(2)15-28(31(23)37)34(9,10)11;1-21-12-25(30(35)28(14-21)33(6,7)8)17-23-16-24(20-27(19-23)32(3,4)5)18-26-13-22(2)15-29(31(26)36)34(9,10)11;1-2-4-5-3-1;;;;/h12-15,18-19,35-37H,16-17H2,1-11H3;12-16,19-20,35-36H,17-18H2,1-11H3;1-4H2;;;;/q;;;+1;-2;;/p-5. The van der Waals surface area contributed by atoms with Crippen molar-refractivity contribution in [3.8, 4) is 28.7 Å². The average Bonchev–Trinajstić information content (AvgIpc) is 3.88. The van der Waals surface area contributed by atoms with Gasteiger partial charge in [-0.1, -0.05) is 259 Å². The van der Waals surface area contributed by atoms with Crippen molar-refractivity contribution in [2.45, 2.75) is 223 Å². The summed E-state index contributed by atoms with van der Waals surface area (Å²) in [6, 6.07) is 26.4. The van der Waals surface area contributed by atoms with E-state index in [1.807, 2.05) is 116 Å². The summed E-state index contributed by atoms with van der Waals surface area (Å²) in [5, 5.41) is 67.4. The molecule has 6 aromatic carbocycles. The Bertz CT molecular complexity index is 2900. The Morgan fingerprint density at radius 2 is 0.549 bits per heavy atom. The van der Waals surface area contributed by atoms with E-state index in [0.29, 0.717) is 35.1 Å². The van der Waals surface area contributed by atoms with E-state index < -0.39 is 0 Å². The molecule has 0 aromatic heterocycles.